The number of benzene rings is 3. The fourth-order valence-corrected chi connectivity index (χ4v) is 5.98. The van der Waals surface area contributed by atoms with E-state index in [1.54, 1.807) is 48.5 Å². The van der Waals surface area contributed by atoms with Crippen LogP contribution in [0.2, 0.25) is 0 Å². The Kier molecular flexibility index (Phi) is 6.15. The van der Waals surface area contributed by atoms with E-state index in [0.29, 0.717) is 40.1 Å². The van der Waals surface area contributed by atoms with Crippen LogP contribution in [0.4, 0.5) is 9.52 Å². The van der Waals surface area contributed by atoms with Crippen molar-refractivity contribution in [2.24, 2.45) is 0 Å². The highest BCUT2D eigenvalue weighted by Gasteiger charge is 2.48. The predicted molar refractivity (Wildman–Crippen MR) is 147 cm³/mol. The number of halogens is 1. The molecule has 2 atom stereocenters. The van der Waals surface area contributed by atoms with Crippen LogP contribution in [0.25, 0.3) is 16.0 Å². The molecule has 0 unspecified atom stereocenters. The molecule has 1 amide bonds. The van der Waals surface area contributed by atoms with Crippen molar-refractivity contribution in [2.75, 3.05) is 11.5 Å². The van der Waals surface area contributed by atoms with Crippen LogP contribution in [0.1, 0.15) is 29.7 Å². The van der Waals surface area contributed by atoms with Crippen LogP contribution < -0.4 is 14.4 Å². The molecule has 1 fully saturated rings. The number of amides is 1. The van der Waals surface area contributed by atoms with Gasteiger partial charge in [-0.1, -0.05) is 36.1 Å². The summed E-state index contributed by atoms with van der Waals surface area (Å²) in [5.41, 5.74) is 2.33. The number of carbonyl (C=O) groups is 2. The van der Waals surface area contributed by atoms with Gasteiger partial charge in [0.2, 0.25) is 0 Å². The van der Waals surface area contributed by atoms with Gasteiger partial charge in [0, 0.05) is 12.0 Å². The van der Waals surface area contributed by atoms with Gasteiger partial charge < -0.3 is 14.6 Å². The van der Waals surface area contributed by atoms with Crippen molar-refractivity contribution in [3.63, 3.8) is 0 Å². The second-order valence-electron chi connectivity index (χ2n) is 9.40. The molecule has 196 valence electrons. The minimum absolute atomic E-state index is 0.00803. The first-order valence-electron chi connectivity index (χ1n) is 12.3. The Morgan fingerprint density at radius 2 is 2.00 bits per heavy atom. The largest absolute Gasteiger partial charge is 0.507 e. The number of ketones is 1. The second kappa shape index (κ2) is 9.67. The minimum atomic E-state index is -0.965. The Morgan fingerprint density at radius 3 is 2.77 bits per heavy atom. The molecule has 6 rings (SSSR count). The smallest absolute Gasteiger partial charge is 0.301 e. The lowest BCUT2D eigenvalue weighted by molar-refractivity contribution is -0.132. The van der Waals surface area contributed by atoms with Gasteiger partial charge >= 0.3 is 5.91 Å². The molecule has 0 spiro atoms. The standard InChI is InChI=1S/C30H23FN2O5S/c1-3-12-37-21-8-4-17(5-9-21)26-25(27(34)18-6-11-23-19(14-18)13-16(2)38-23)28(35)29(36)33(26)30-32-22-10-7-20(31)15-24(22)39-30/h3-11,14-16,26,34H,1,12-13H2,2H3/b27-25+/t16-,26-/m0/s1. The quantitative estimate of drug-likeness (QED) is 0.140. The molecule has 2 aliphatic heterocycles. The normalized spacial score (nSPS) is 19.8. The van der Waals surface area contributed by atoms with Gasteiger partial charge in [-0.2, -0.15) is 0 Å². The third-order valence-corrected chi connectivity index (χ3v) is 7.74. The topological polar surface area (TPSA) is 89.0 Å². The van der Waals surface area contributed by atoms with Crippen LogP contribution in [0.3, 0.4) is 0 Å². The molecule has 1 N–H and O–H groups in total. The highest BCUT2D eigenvalue weighted by Crippen LogP contribution is 2.45. The number of aromatic nitrogens is 1. The number of aliphatic hydroxyl groups is 1. The molecule has 3 aromatic carbocycles. The molecule has 1 aromatic heterocycles. The third-order valence-electron chi connectivity index (χ3n) is 6.72. The molecule has 1 saturated heterocycles. The average Bonchev–Trinajstić information content (AvgIpc) is 3.59. The summed E-state index contributed by atoms with van der Waals surface area (Å²) in [6.45, 7) is 5.92. The first-order chi connectivity index (χ1) is 18.8. The Balaban J connectivity index is 1.50. The maximum absolute atomic E-state index is 13.9. The van der Waals surface area contributed by atoms with Crippen molar-refractivity contribution in [1.82, 2.24) is 4.98 Å². The first kappa shape index (κ1) is 24.8. The van der Waals surface area contributed by atoms with Gasteiger partial charge in [0.05, 0.1) is 21.8 Å². The zero-order valence-electron chi connectivity index (χ0n) is 20.9. The van der Waals surface area contributed by atoms with Gasteiger partial charge in [0.25, 0.3) is 5.78 Å². The molecule has 0 radical (unpaired) electrons. The van der Waals surface area contributed by atoms with Crippen LogP contribution in [-0.4, -0.2) is 34.5 Å². The van der Waals surface area contributed by atoms with Crippen molar-refractivity contribution in [3.8, 4) is 11.5 Å². The van der Waals surface area contributed by atoms with Gasteiger partial charge in [-0.3, -0.25) is 14.5 Å². The maximum Gasteiger partial charge on any atom is 0.301 e. The van der Waals surface area contributed by atoms with E-state index in [9.17, 15) is 19.1 Å². The monoisotopic (exact) mass is 542 g/mol. The van der Waals surface area contributed by atoms with E-state index >= 15 is 0 Å². The Bertz CT molecular complexity index is 1680. The highest BCUT2D eigenvalue weighted by molar-refractivity contribution is 7.22. The minimum Gasteiger partial charge on any atom is -0.507 e. The Labute approximate surface area is 227 Å². The van der Waals surface area contributed by atoms with E-state index in [1.807, 2.05) is 6.92 Å². The van der Waals surface area contributed by atoms with Crippen LogP contribution in [-0.2, 0) is 16.0 Å². The van der Waals surface area contributed by atoms with Crippen molar-refractivity contribution in [3.05, 3.63) is 101 Å². The molecule has 39 heavy (non-hydrogen) atoms. The molecule has 9 heteroatoms. The fraction of sp³-hybridized carbons (Fsp3) is 0.167. The molecule has 0 saturated carbocycles. The lowest BCUT2D eigenvalue weighted by Crippen LogP contribution is -2.29. The van der Waals surface area contributed by atoms with Crippen molar-refractivity contribution >= 4 is 44.1 Å². The number of Topliss-reactive ketones (excluding diaryl/α,β-unsaturated/α-hetero) is 1. The van der Waals surface area contributed by atoms with Gasteiger partial charge in [-0.05, 0) is 66.6 Å². The fourth-order valence-electron chi connectivity index (χ4n) is 4.96. The molecule has 0 aliphatic carbocycles. The average molecular weight is 543 g/mol. The number of thiazole rings is 1. The van der Waals surface area contributed by atoms with E-state index in [0.717, 1.165) is 22.6 Å². The van der Waals surface area contributed by atoms with E-state index < -0.39 is 23.5 Å². The van der Waals surface area contributed by atoms with Crippen LogP contribution >= 0.6 is 11.3 Å². The number of aliphatic hydroxyl groups excluding tert-OH is 1. The van der Waals surface area contributed by atoms with Crippen molar-refractivity contribution < 1.29 is 28.6 Å². The summed E-state index contributed by atoms with van der Waals surface area (Å²) in [4.78, 5) is 32.8. The van der Waals surface area contributed by atoms with E-state index in [-0.39, 0.29) is 22.6 Å². The summed E-state index contributed by atoms with van der Waals surface area (Å²) in [5, 5.41) is 11.7. The number of rotatable bonds is 6. The zero-order chi connectivity index (χ0) is 27.3. The lowest BCUT2D eigenvalue weighted by Gasteiger charge is -2.23. The number of nitrogens with zero attached hydrogens (tertiary/aromatic N) is 2. The molecule has 2 aliphatic rings. The molecule has 4 aromatic rings. The maximum atomic E-state index is 13.9. The summed E-state index contributed by atoms with van der Waals surface area (Å²) >= 11 is 1.10. The Hall–Kier alpha value is -4.50. The molecule has 3 heterocycles. The van der Waals surface area contributed by atoms with Crippen LogP contribution in [0, 0.1) is 5.82 Å². The lowest BCUT2D eigenvalue weighted by atomic mass is 9.94. The Morgan fingerprint density at radius 1 is 1.21 bits per heavy atom. The van der Waals surface area contributed by atoms with E-state index in [1.165, 1.54) is 23.1 Å². The molecular formula is C30H23FN2O5S. The SMILES string of the molecule is C=CCOc1ccc([C@H]2/C(=C(\O)c3ccc4c(c3)C[C@H](C)O4)C(=O)C(=O)N2c2nc3ccc(F)cc3s2)cc1. The number of hydrogen-bond donors (Lipinski definition) is 1. The van der Waals surface area contributed by atoms with Crippen molar-refractivity contribution in [1.29, 1.82) is 0 Å². The molecule has 7 nitrogen and oxygen atoms in total. The summed E-state index contributed by atoms with van der Waals surface area (Å²) < 4.78 is 25.8. The first-order valence-corrected chi connectivity index (χ1v) is 13.2. The van der Waals surface area contributed by atoms with Gasteiger partial charge in [0.15, 0.2) is 5.13 Å². The second-order valence-corrected chi connectivity index (χ2v) is 10.4. The van der Waals surface area contributed by atoms with Crippen LogP contribution in [0.15, 0.2) is 78.9 Å². The third kappa shape index (κ3) is 4.34. The van der Waals surface area contributed by atoms with Crippen molar-refractivity contribution in [2.45, 2.75) is 25.5 Å². The van der Waals surface area contributed by atoms with Gasteiger partial charge in [0.1, 0.15) is 35.8 Å². The highest BCUT2D eigenvalue weighted by atomic mass is 32.1. The number of ether oxygens (including phenoxy) is 2. The predicted octanol–water partition coefficient (Wildman–Crippen LogP) is 5.95. The molecular weight excluding hydrogens is 519 g/mol. The van der Waals surface area contributed by atoms with Crippen LogP contribution in [0.5, 0.6) is 11.5 Å². The van der Waals surface area contributed by atoms with Gasteiger partial charge in [-0.25, -0.2) is 9.37 Å². The summed E-state index contributed by atoms with van der Waals surface area (Å²) in [6.07, 6.45) is 2.30. The number of anilines is 1. The number of fused-ring (bicyclic) bond motifs is 2. The number of hydrogen-bond acceptors (Lipinski definition) is 7. The van der Waals surface area contributed by atoms with E-state index in [4.69, 9.17) is 9.47 Å². The number of carbonyl (C=O) groups excluding carboxylic acids is 2. The van der Waals surface area contributed by atoms with Gasteiger partial charge in [-0.15, -0.1) is 0 Å². The summed E-state index contributed by atoms with van der Waals surface area (Å²) in [6, 6.07) is 15.3. The summed E-state index contributed by atoms with van der Waals surface area (Å²) in [7, 11) is 0. The zero-order valence-corrected chi connectivity index (χ0v) is 21.7. The van der Waals surface area contributed by atoms with E-state index in [2.05, 4.69) is 11.6 Å². The molecule has 0 bridgehead atoms. The summed E-state index contributed by atoms with van der Waals surface area (Å²) in [5.74, 6) is -1.07.